The number of aryl methyl sites for hydroxylation is 1. The van der Waals surface area contributed by atoms with Crippen molar-refractivity contribution in [1.29, 1.82) is 0 Å². The molecule has 0 bridgehead atoms. The van der Waals surface area contributed by atoms with Crippen molar-refractivity contribution in [2.24, 2.45) is 7.05 Å². The van der Waals surface area contributed by atoms with Crippen LogP contribution in [0.2, 0.25) is 0 Å². The van der Waals surface area contributed by atoms with E-state index in [2.05, 4.69) is 10.2 Å². The molecule has 1 aromatic heterocycles. The minimum atomic E-state index is -3.59. The predicted octanol–water partition coefficient (Wildman–Crippen LogP) is 0.795. The summed E-state index contributed by atoms with van der Waals surface area (Å²) in [7, 11) is -0.694. The van der Waals surface area contributed by atoms with Crippen LogP contribution in [-0.4, -0.2) is 25.9 Å². The highest BCUT2D eigenvalue weighted by atomic mass is 32.2. The molecule has 0 aliphatic carbocycles. The Balaban J connectivity index is 2.01. The van der Waals surface area contributed by atoms with Crippen LogP contribution in [-0.2, 0) is 28.5 Å². The van der Waals surface area contributed by atoms with Crippen molar-refractivity contribution in [1.82, 2.24) is 14.8 Å². The van der Waals surface area contributed by atoms with E-state index in [1.807, 2.05) is 30.3 Å². The van der Waals surface area contributed by atoms with E-state index in [0.717, 1.165) is 5.56 Å². The van der Waals surface area contributed by atoms with Crippen molar-refractivity contribution in [3.8, 4) is 0 Å². The van der Waals surface area contributed by atoms with Crippen molar-refractivity contribution in [3.63, 3.8) is 0 Å². The monoisotopic (exact) mass is 323 g/mol. The predicted molar refractivity (Wildman–Crippen MR) is 80.4 cm³/mol. The first-order valence-corrected chi connectivity index (χ1v) is 7.98. The van der Waals surface area contributed by atoms with Crippen LogP contribution >= 0.6 is 0 Å². The van der Waals surface area contributed by atoms with E-state index in [-0.39, 0.29) is 17.2 Å². The van der Waals surface area contributed by atoms with E-state index in [4.69, 9.17) is 4.84 Å². The summed E-state index contributed by atoms with van der Waals surface area (Å²) in [6, 6.07) is 10.6. The molecule has 2 N–H and O–H groups in total. The van der Waals surface area contributed by atoms with Crippen LogP contribution in [0.25, 0.3) is 0 Å². The third kappa shape index (κ3) is 3.73. The van der Waals surface area contributed by atoms with Crippen LogP contribution in [0, 0.1) is 0 Å². The number of amides is 1. The number of nitrogens with one attached hydrogen (secondary N) is 2. The summed E-state index contributed by atoms with van der Waals surface area (Å²) < 4.78 is 27.0. The molecule has 7 nitrogen and oxygen atoms in total. The van der Waals surface area contributed by atoms with Gasteiger partial charge in [0.15, 0.2) is 0 Å². The summed E-state index contributed by atoms with van der Waals surface area (Å²) in [6.07, 6.45) is 1.36. The standard InChI is InChI=1S/C14H17N3O4S/c1-15-22(19,20)12-8-13(17(2)9-12)14(18)16-21-10-11-6-4-3-5-7-11/h3-9,15H,10H2,1-2H3,(H,16,18). The number of hydrogen-bond donors (Lipinski definition) is 2. The molecule has 0 atom stereocenters. The second-order valence-electron chi connectivity index (χ2n) is 4.58. The molecule has 2 rings (SSSR count). The number of hydroxylamine groups is 1. The molecule has 0 aliphatic heterocycles. The minimum absolute atomic E-state index is 0.0192. The molecular formula is C14H17N3O4S. The molecule has 1 amide bonds. The summed E-state index contributed by atoms with van der Waals surface area (Å²) in [6.45, 7) is 0.221. The van der Waals surface area contributed by atoms with Gasteiger partial charge in [-0.05, 0) is 18.7 Å². The van der Waals surface area contributed by atoms with Crippen molar-refractivity contribution < 1.29 is 18.0 Å². The Morgan fingerprint density at radius 3 is 2.59 bits per heavy atom. The number of benzene rings is 1. The molecule has 0 spiro atoms. The summed E-state index contributed by atoms with van der Waals surface area (Å²) in [5.74, 6) is -0.518. The van der Waals surface area contributed by atoms with Gasteiger partial charge < -0.3 is 4.57 Å². The first-order chi connectivity index (χ1) is 10.4. The Kier molecular flexibility index (Phi) is 4.96. The van der Waals surface area contributed by atoms with Gasteiger partial charge in [-0.15, -0.1) is 0 Å². The van der Waals surface area contributed by atoms with Crippen LogP contribution in [0.3, 0.4) is 0 Å². The van der Waals surface area contributed by atoms with Gasteiger partial charge in [0.2, 0.25) is 10.0 Å². The van der Waals surface area contributed by atoms with Crippen LogP contribution in [0.4, 0.5) is 0 Å². The molecule has 0 saturated heterocycles. The second kappa shape index (κ2) is 6.73. The maximum Gasteiger partial charge on any atom is 0.291 e. The van der Waals surface area contributed by atoms with Crippen molar-refractivity contribution in [2.75, 3.05) is 7.05 Å². The van der Waals surface area contributed by atoms with Gasteiger partial charge in [-0.25, -0.2) is 18.6 Å². The average Bonchev–Trinajstić information content (AvgIpc) is 2.91. The maximum atomic E-state index is 12.0. The molecule has 22 heavy (non-hydrogen) atoms. The highest BCUT2D eigenvalue weighted by Gasteiger charge is 2.19. The SMILES string of the molecule is CNS(=O)(=O)c1cc(C(=O)NOCc2ccccc2)n(C)c1. The Hall–Kier alpha value is -2.16. The lowest BCUT2D eigenvalue weighted by molar-refractivity contribution is 0.0227. The number of rotatable bonds is 6. The zero-order valence-electron chi connectivity index (χ0n) is 12.2. The zero-order chi connectivity index (χ0) is 16.2. The number of sulfonamides is 1. The van der Waals surface area contributed by atoms with E-state index in [1.54, 1.807) is 7.05 Å². The number of carbonyl (C=O) groups is 1. The third-order valence-corrected chi connectivity index (χ3v) is 4.42. The molecule has 2 aromatic rings. The van der Waals surface area contributed by atoms with Crippen molar-refractivity contribution in [2.45, 2.75) is 11.5 Å². The number of hydrogen-bond acceptors (Lipinski definition) is 4. The van der Waals surface area contributed by atoms with Crippen LogP contribution in [0.1, 0.15) is 16.1 Å². The zero-order valence-corrected chi connectivity index (χ0v) is 13.1. The van der Waals surface area contributed by atoms with E-state index < -0.39 is 15.9 Å². The largest absolute Gasteiger partial charge is 0.345 e. The fourth-order valence-electron chi connectivity index (χ4n) is 1.84. The highest BCUT2D eigenvalue weighted by Crippen LogP contribution is 2.13. The first kappa shape index (κ1) is 16.2. The Labute approximate surface area is 128 Å². The summed E-state index contributed by atoms with van der Waals surface area (Å²) in [5, 5.41) is 0. The number of carbonyl (C=O) groups excluding carboxylic acids is 1. The summed E-state index contributed by atoms with van der Waals surface area (Å²) in [4.78, 5) is 17.2. The van der Waals surface area contributed by atoms with Gasteiger partial charge in [0.25, 0.3) is 5.91 Å². The van der Waals surface area contributed by atoms with Crippen LogP contribution in [0.15, 0.2) is 47.5 Å². The summed E-state index contributed by atoms with van der Waals surface area (Å²) >= 11 is 0. The van der Waals surface area contributed by atoms with Gasteiger partial charge in [-0.1, -0.05) is 30.3 Å². The molecule has 0 saturated carbocycles. The van der Waals surface area contributed by atoms with Crippen molar-refractivity contribution in [3.05, 3.63) is 53.9 Å². The Morgan fingerprint density at radius 2 is 1.95 bits per heavy atom. The van der Waals surface area contributed by atoms with E-state index >= 15 is 0 Å². The molecule has 8 heteroatoms. The van der Waals surface area contributed by atoms with Gasteiger partial charge in [0, 0.05) is 13.2 Å². The van der Waals surface area contributed by atoms with Gasteiger partial charge >= 0.3 is 0 Å². The topological polar surface area (TPSA) is 89.4 Å². The molecular weight excluding hydrogens is 306 g/mol. The molecule has 1 heterocycles. The van der Waals surface area contributed by atoms with Crippen molar-refractivity contribution >= 4 is 15.9 Å². The fraction of sp³-hybridized carbons (Fsp3) is 0.214. The van der Waals surface area contributed by atoms with Crippen LogP contribution in [0.5, 0.6) is 0 Å². The molecule has 0 radical (unpaired) electrons. The molecule has 118 valence electrons. The smallest absolute Gasteiger partial charge is 0.291 e. The average molecular weight is 323 g/mol. The summed E-state index contributed by atoms with van der Waals surface area (Å²) in [5.41, 5.74) is 3.39. The third-order valence-electron chi connectivity index (χ3n) is 3.04. The molecule has 0 aliphatic rings. The van der Waals surface area contributed by atoms with Gasteiger partial charge in [-0.2, -0.15) is 0 Å². The molecule has 0 fully saturated rings. The lowest BCUT2D eigenvalue weighted by atomic mass is 10.2. The quantitative estimate of drug-likeness (QED) is 0.769. The number of nitrogens with zero attached hydrogens (tertiary/aromatic N) is 1. The fourth-order valence-corrected chi connectivity index (χ4v) is 2.64. The highest BCUT2D eigenvalue weighted by molar-refractivity contribution is 7.89. The van der Waals surface area contributed by atoms with Gasteiger partial charge in [0.05, 0.1) is 6.61 Å². The molecule has 0 unspecified atom stereocenters. The van der Waals surface area contributed by atoms with E-state index in [1.165, 1.54) is 23.9 Å². The van der Waals surface area contributed by atoms with Gasteiger partial charge in [-0.3, -0.25) is 9.63 Å². The Bertz CT molecular complexity index is 754. The van der Waals surface area contributed by atoms with Gasteiger partial charge in [0.1, 0.15) is 10.6 Å². The number of aromatic nitrogens is 1. The lowest BCUT2D eigenvalue weighted by Crippen LogP contribution is -2.25. The van der Waals surface area contributed by atoms with E-state index in [0.29, 0.717) is 0 Å². The lowest BCUT2D eigenvalue weighted by Gasteiger charge is -2.06. The normalized spacial score (nSPS) is 11.4. The van der Waals surface area contributed by atoms with E-state index in [9.17, 15) is 13.2 Å². The Morgan fingerprint density at radius 1 is 1.27 bits per heavy atom. The minimum Gasteiger partial charge on any atom is -0.345 e. The molecule has 1 aromatic carbocycles. The second-order valence-corrected chi connectivity index (χ2v) is 6.47. The first-order valence-electron chi connectivity index (χ1n) is 6.50. The maximum absolute atomic E-state index is 12.0. The van der Waals surface area contributed by atoms with Crippen LogP contribution < -0.4 is 10.2 Å².